The molecule has 0 bridgehead atoms. The number of primary sulfonamides is 1. The highest BCUT2D eigenvalue weighted by Gasteiger charge is 2.10. The number of hydrogen-bond donors (Lipinski definition) is 2. The van der Waals surface area contributed by atoms with E-state index in [-0.39, 0.29) is 11.5 Å². The van der Waals surface area contributed by atoms with Gasteiger partial charge in [0.05, 0.1) is 4.90 Å². The van der Waals surface area contributed by atoms with Crippen LogP contribution in [0.1, 0.15) is 11.1 Å². The highest BCUT2D eigenvalue weighted by atomic mass is 32.2. The molecule has 8 nitrogen and oxygen atoms in total. The van der Waals surface area contributed by atoms with Gasteiger partial charge in [-0.3, -0.25) is 4.79 Å². The van der Waals surface area contributed by atoms with Crippen LogP contribution >= 0.6 is 0 Å². The van der Waals surface area contributed by atoms with E-state index in [1.807, 2.05) is 19.1 Å². The zero-order chi connectivity index (χ0) is 20.6. The van der Waals surface area contributed by atoms with Gasteiger partial charge in [0.2, 0.25) is 10.0 Å². The molecule has 2 rings (SSSR count). The predicted octanol–water partition coefficient (Wildman–Crippen LogP) is 0.923. The fraction of sp³-hybridized carbons (Fsp3) is 0.263. The molecule has 150 valence electrons. The Morgan fingerprint density at radius 1 is 1.04 bits per heavy atom. The maximum Gasteiger partial charge on any atom is 0.344 e. The molecule has 28 heavy (non-hydrogen) atoms. The Morgan fingerprint density at radius 3 is 2.36 bits per heavy atom. The summed E-state index contributed by atoms with van der Waals surface area (Å²) in [7, 11) is -3.72. The number of carbonyl (C=O) groups is 2. The van der Waals surface area contributed by atoms with Gasteiger partial charge in [0.25, 0.3) is 5.91 Å². The molecule has 0 aliphatic carbocycles. The van der Waals surface area contributed by atoms with Gasteiger partial charge >= 0.3 is 5.97 Å². The lowest BCUT2D eigenvalue weighted by atomic mass is 10.1. The summed E-state index contributed by atoms with van der Waals surface area (Å²) in [6.07, 6.45) is 0.487. The SMILES string of the molecule is Cc1ccccc1OCC(=O)OCC(=O)NCCc1ccc(S(N)(=O)=O)cc1. The normalized spacial score (nSPS) is 10.9. The molecule has 0 unspecified atom stereocenters. The van der Waals surface area contributed by atoms with E-state index in [2.05, 4.69) is 5.32 Å². The van der Waals surface area contributed by atoms with Crippen LogP contribution in [-0.4, -0.2) is 40.1 Å². The fourth-order valence-corrected chi connectivity index (χ4v) is 2.80. The van der Waals surface area contributed by atoms with Gasteiger partial charge in [0.1, 0.15) is 5.75 Å². The van der Waals surface area contributed by atoms with Gasteiger partial charge < -0.3 is 14.8 Å². The monoisotopic (exact) mass is 406 g/mol. The van der Waals surface area contributed by atoms with Crippen LogP contribution in [0.4, 0.5) is 0 Å². The zero-order valence-corrected chi connectivity index (χ0v) is 16.2. The van der Waals surface area contributed by atoms with Crippen LogP contribution in [0.15, 0.2) is 53.4 Å². The van der Waals surface area contributed by atoms with Crippen LogP contribution in [0, 0.1) is 6.92 Å². The van der Waals surface area contributed by atoms with Crippen LogP contribution in [0.2, 0.25) is 0 Å². The summed E-state index contributed by atoms with van der Waals surface area (Å²) in [6, 6.07) is 13.3. The second-order valence-corrected chi connectivity index (χ2v) is 7.57. The molecule has 0 fully saturated rings. The maximum absolute atomic E-state index is 11.7. The maximum atomic E-state index is 11.7. The number of carbonyl (C=O) groups excluding carboxylic acids is 2. The quantitative estimate of drug-likeness (QED) is 0.597. The Morgan fingerprint density at radius 2 is 1.71 bits per heavy atom. The number of benzene rings is 2. The predicted molar refractivity (Wildman–Crippen MR) is 102 cm³/mol. The summed E-state index contributed by atoms with van der Waals surface area (Å²) in [4.78, 5) is 23.4. The average Bonchev–Trinajstić information content (AvgIpc) is 2.65. The van der Waals surface area contributed by atoms with Crippen molar-refractivity contribution in [2.24, 2.45) is 5.14 Å². The number of hydrogen-bond acceptors (Lipinski definition) is 6. The van der Waals surface area contributed by atoms with Gasteiger partial charge in [-0.2, -0.15) is 0 Å². The van der Waals surface area contributed by atoms with E-state index in [1.165, 1.54) is 12.1 Å². The molecule has 0 aromatic heterocycles. The van der Waals surface area contributed by atoms with Crippen LogP contribution in [-0.2, 0) is 30.8 Å². The van der Waals surface area contributed by atoms with Gasteiger partial charge in [-0.15, -0.1) is 0 Å². The summed E-state index contributed by atoms with van der Waals surface area (Å²) in [6.45, 7) is 1.48. The van der Waals surface area contributed by atoms with E-state index >= 15 is 0 Å². The lowest BCUT2D eigenvalue weighted by molar-refractivity contribution is -0.150. The van der Waals surface area contributed by atoms with Gasteiger partial charge in [-0.05, 0) is 42.7 Å². The Kier molecular flexibility index (Phi) is 7.53. The molecule has 0 heterocycles. The number of rotatable bonds is 9. The summed E-state index contributed by atoms with van der Waals surface area (Å²) < 4.78 is 32.6. The molecule has 0 aliphatic rings. The minimum Gasteiger partial charge on any atom is -0.482 e. The average molecular weight is 406 g/mol. The first-order valence-electron chi connectivity index (χ1n) is 8.48. The molecular weight excluding hydrogens is 384 g/mol. The Bertz CT molecular complexity index is 926. The van der Waals surface area contributed by atoms with E-state index < -0.39 is 28.5 Å². The molecule has 0 saturated carbocycles. The number of para-hydroxylation sites is 1. The van der Waals surface area contributed by atoms with Crippen LogP contribution in [0.3, 0.4) is 0 Å². The second-order valence-electron chi connectivity index (χ2n) is 6.00. The molecule has 0 saturated heterocycles. The summed E-state index contributed by atoms with van der Waals surface area (Å²) in [5.41, 5.74) is 1.72. The van der Waals surface area contributed by atoms with Crippen molar-refractivity contribution in [3.05, 3.63) is 59.7 Å². The van der Waals surface area contributed by atoms with Gasteiger partial charge in [-0.25, -0.2) is 18.4 Å². The molecule has 0 radical (unpaired) electrons. The van der Waals surface area contributed by atoms with Crippen molar-refractivity contribution in [2.45, 2.75) is 18.2 Å². The molecule has 2 aromatic rings. The van der Waals surface area contributed by atoms with Crippen molar-refractivity contribution >= 4 is 21.9 Å². The van der Waals surface area contributed by atoms with E-state index in [4.69, 9.17) is 14.6 Å². The van der Waals surface area contributed by atoms with Crippen molar-refractivity contribution < 1.29 is 27.5 Å². The highest BCUT2D eigenvalue weighted by Crippen LogP contribution is 2.15. The molecule has 0 atom stereocenters. The lowest BCUT2D eigenvalue weighted by Gasteiger charge is -2.09. The third kappa shape index (κ3) is 7.01. The Hall–Kier alpha value is -2.91. The number of amides is 1. The summed E-state index contributed by atoms with van der Waals surface area (Å²) in [5, 5.41) is 7.65. The first-order chi connectivity index (χ1) is 13.3. The van der Waals surface area contributed by atoms with Gasteiger partial charge in [-0.1, -0.05) is 30.3 Å². The largest absolute Gasteiger partial charge is 0.482 e. The minimum atomic E-state index is -3.72. The van der Waals surface area contributed by atoms with Crippen molar-refractivity contribution in [1.29, 1.82) is 0 Å². The van der Waals surface area contributed by atoms with Gasteiger partial charge in [0, 0.05) is 6.54 Å². The highest BCUT2D eigenvalue weighted by molar-refractivity contribution is 7.89. The van der Waals surface area contributed by atoms with Crippen molar-refractivity contribution in [3.8, 4) is 5.75 Å². The third-order valence-corrected chi connectivity index (χ3v) is 4.72. The molecular formula is C19H22N2O6S. The molecule has 3 N–H and O–H groups in total. The van der Waals surface area contributed by atoms with Crippen molar-refractivity contribution in [3.63, 3.8) is 0 Å². The topological polar surface area (TPSA) is 125 Å². The molecule has 0 aliphatic heterocycles. The van der Waals surface area contributed by atoms with Crippen molar-refractivity contribution in [2.75, 3.05) is 19.8 Å². The van der Waals surface area contributed by atoms with E-state index in [0.717, 1.165) is 11.1 Å². The van der Waals surface area contributed by atoms with Crippen LogP contribution in [0.5, 0.6) is 5.75 Å². The van der Waals surface area contributed by atoms with Crippen molar-refractivity contribution in [1.82, 2.24) is 5.32 Å². The Balaban J connectivity index is 1.65. The lowest BCUT2D eigenvalue weighted by Crippen LogP contribution is -2.31. The zero-order valence-electron chi connectivity index (χ0n) is 15.4. The van der Waals surface area contributed by atoms with E-state index in [0.29, 0.717) is 18.7 Å². The first kappa shape index (κ1) is 21.4. The summed E-state index contributed by atoms with van der Waals surface area (Å²) >= 11 is 0. The van der Waals surface area contributed by atoms with E-state index in [1.54, 1.807) is 24.3 Å². The fourth-order valence-electron chi connectivity index (χ4n) is 2.29. The van der Waals surface area contributed by atoms with E-state index in [9.17, 15) is 18.0 Å². The van der Waals surface area contributed by atoms with Gasteiger partial charge in [0.15, 0.2) is 13.2 Å². The number of nitrogens with two attached hydrogens (primary N) is 1. The molecule has 9 heteroatoms. The second kappa shape index (κ2) is 9.86. The number of sulfonamides is 1. The first-order valence-corrected chi connectivity index (χ1v) is 10.0. The minimum absolute atomic E-state index is 0.0279. The number of ether oxygens (including phenoxy) is 2. The standard InChI is InChI=1S/C19H22N2O6S/c1-14-4-2-3-5-17(14)26-13-19(23)27-12-18(22)21-11-10-15-6-8-16(9-7-15)28(20,24)25/h2-9H,10-13H2,1H3,(H,21,22)(H2,20,24,25). The smallest absolute Gasteiger partial charge is 0.344 e. The Labute approximate surface area is 163 Å². The van der Waals surface area contributed by atoms with Crippen LogP contribution in [0.25, 0.3) is 0 Å². The number of esters is 1. The molecule has 0 spiro atoms. The number of aryl methyl sites for hydroxylation is 1. The molecule has 2 aromatic carbocycles. The summed E-state index contributed by atoms with van der Waals surface area (Å²) in [5.74, 6) is -0.500. The van der Waals surface area contributed by atoms with Crippen LogP contribution < -0.4 is 15.2 Å². The number of nitrogens with one attached hydrogen (secondary N) is 1. The molecule has 1 amide bonds. The third-order valence-electron chi connectivity index (χ3n) is 3.79.